The third kappa shape index (κ3) is 6.42. The second-order valence-corrected chi connectivity index (χ2v) is 7.57. The summed E-state index contributed by atoms with van der Waals surface area (Å²) in [5.74, 6) is -0.239. The van der Waals surface area contributed by atoms with Crippen molar-refractivity contribution in [3.8, 4) is 0 Å². The number of ether oxygens (including phenoxy) is 1. The van der Waals surface area contributed by atoms with E-state index in [0.29, 0.717) is 12.2 Å². The minimum absolute atomic E-state index is 0.00182. The molecule has 0 fully saturated rings. The van der Waals surface area contributed by atoms with E-state index in [4.69, 9.17) is 4.74 Å². The first kappa shape index (κ1) is 15.7. The number of rotatable bonds is 3. The van der Waals surface area contributed by atoms with Gasteiger partial charge in [-0.15, -0.1) is 0 Å². The molecule has 0 radical (unpaired) electrons. The molecule has 19 heavy (non-hydrogen) atoms. The summed E-state index contributed by atoms with van der Waals surface area (Å²) in [4.78, 5) is 11.9. The summed E-state index contributed by atoms with van der Waals surface area (Å²) < 4.78 is 5.29. The van der Waals surface area contributed by atoms with Crippen LogP contribution in [0.15, 0.2) is 24.3 Å². The highest BCUT2D eigenvalue weighted by Crippen LogP contribution is 2.21. The topological polar surface area (TPSA) is 26.3 Å². The lowest BCUT2D eigenvalue weighted by Crippen LogP contribution is -2.18. The van der Waals surface area contributed by atoms with E-state index < -0.39 is 0 Å². The van der Waals surface area contributed by atoms with Gasteiger partial charge in [0.25, 0.3) is 0 Å². The maximum atomic E-state index is 11.9. The molecule has 2 heteroatoms. The van der Waals surface area contributed by atoms with Crippen LogP contribution in [0.2, 0.25) is 0 Å². The zero-order valence-electron chi connectivity index (χ0n) is 13.0. The van der Waals surface area contributed by atoms with Gasteiger partial charge in [-0.25, -0.2) is 4.79 Å². The highest BCUT2D eigenvalue weighted by molar-refractivity contribution is 5.89. The highest BCUT2D eigenvalue weighted by Gasteiger charge is 2.15. The van der Waals surface area contributed by atoms with E-state index in [1.807, 2.05) is 45.0 Å². The van der Waals surface area contributed by atoms with Crippen molar-refractivity contribution in [2.24, 2.45) is 10.8 Å². The zero-order chi connectivity index (χ0) is 14.7. The van der Waals surface area contributed by atoms with Gasteiger partial charge in [-0.3, -0.25) is 0 Å². The minimum Gasteiger partial charge on any atom is -0.462 e. The largest absolute Gasteiger partial charge is 0.462 e. The second-order valence-electron chi connectivity index (χ2n) is 7.57. The van der Waals surface area contributed by atoms with Crippen molar-refractivity contribution in [3.63, 3.8) is 0 Å². The molecule has 2 nitrogen and oxygen atoms in total. The predicted molar refractivity (Wildman–Crippen MR) is 79.3 cm³/mol. The second kappa shape index (κ2) is 5.77. The van der Waals surface area contributed by atoms with Gasteiger partial charge < -0.3 is 4.74 Å². The fraction of sp³-hybridized carbons (Fsp3) is 0.588. The summed E-state index contributed by atoms with van der Waals surface area (Å²) in [5.41, 5.74) is 2.14. The molecule has 0 aliphatic heterocycles. The Kier molecular flexibility index (Phi) is 4.78. The lowest BCUT2D eigenvalue weighted by atomic mass is 9.88. The van der Waals surface area contributed by atoms with Gasteiger partial charge in [0.05, 0.1) is 12.2 Å². The number of esters is 1. The van der Waals surface area contributed by atoms with Gasteiger partial charge in [0.1, 0.15) is 0 Å². The van der Waals surface area contributed by atoms with Gasteiger partial charge in [0, 0.05) is 0 Å². The quantitative estimate of drug-likeness (QED) is 0.751. The van der Waals surface area contributed by atoms with Gasteiger partial charge in [0.15, 0.2) is 0 Å². The van der Waals surface area contributed by atoms with Gasteiger partial charge in [-0.2, -0.15) is 0 Å². The molecule has 1 aromatic rings. The van der Waals surface area contributed by atoms with Crippen LogP contribution >= 0.6 is 0 Å². The Bertz CT molecular complexity index is 416. The Morgan fingerprint density at radius 2 is 1.47 bits per heavy atom. The van der Waals surface area contributed by atoms with Crippen molar-refractivity contribution in [2.45, 2.75) is 48.0 Å². The van der Waals surface area contributed by atoms with Crippen molar-refractivity contribution in [1.29, 1.82) is 0 Å². The molecule has 0 aromatic heterocycles. The summed E-state index contributed by atoms with van der Waals surface area (Å²) >= 11 is 0. The van der Waals surface area contributed by atoms with E-state index in [2.05, 4.69) is 20.8 Å². The molecular formula is C17H26O2. The fourth-order valence-corrected chi connectivity index (χ4v) is 1.74. The number of hydrogen-bond donors (Lipinski definition) is 0. The average molecular weight is 262 g/mol. The minimum atomic E-state index is -0.239. The molecule has 0 unspecified atom stereocenters. The van der Waals surface area contributed by atoms with Gasteiger partial charge in [0.2, 0.25) is 0 Å². The Balaban J connectivity index is 2.63. The van der Waals surface area contributed by atoms with Crippen LogP contribution in [0.3, 0.4) is 0 Å². The zero-order valence-corrected chi connectivity index (χ0v) is 13.0. The summed E-state index contributed by atoms with van der Waals surface area (Å²) in [6.07, 6.45) is 1.00. The van der Waals surface area contributed by atoms with E-state index in [-0.39, 0.29) is 16.8 Å². The van der Waals surface area contributed by atoms with E-state index in [0.717, 1.165) is 6.42 Å². The SMILES string of the molecule is CC(C)(C)COC(=O)c1ccc(CC(C)(C)C)cc1. The first-order valence-corrected chi connectivity index (χ1v) is 6.83. The molecule has 0 atom stereocenters. The standard InChI is InChI=1S/C17H26O2/c1-16(2,3)11-13-7-9-14(10-8-13)15(18)19-12-17(4,5)6/h7-10H,11-12H2,1-6H3. The number of carbonyl (C=O) groups is 1. The number of carbonyl (C=O) groups excluding carboxylic acids is 1. The normalized spacial score (nSPS) is 12.3. The smallest absolute Gasteiger partial charge is 0.338 e. The first-order chi connectivity index (χ1) is 8.57. The van der Waals surface area contributed by atoms with Crippen LogP contribution in [-0.2, 0) is 11.2 Å². The lowest BCUT2D eigenvalue weighted by molar-refractivity contribution is 0.0367. The van der Waals surface area contributed by atoms with Crippen LogP contribution in [-0.4, -0.2) is 12.6 Å². The maximum absolute atomic E-state index is 11.9. The summed E-state index contributed by atoms with van der Waals surface area (Å²) in [6.45, 7) is 13.2. The molecule has 0 aliphatic carbocycles. The first-order valence-electron chi connectivity index (χ1n) is 6.83. The van der Waals surface area contributed by atoms with Crippen molar-refractivity contribution in [2.75, 3.05) is 6.61 Å². The van der Waals surface area contributed by atoms with Crippen molar-refractivity contribution in [1.82, 2.24) is 0 Å². The number of hydrogen-bond acceptors (Lipinski definition) is 2. The Morgan fingerprint density at radius 1 is 0.947 bits per heavy atom. The van der Waals surface area contributed by atoms with Crippen molar-refractivity contribution >= 4 is 5.97 Å². The van der Waals surface area contributed by atoms with E-state index in [1.54, 1.807) is 0 Å². The fourth-order valence-electron chi connectivity index (χ4n) is 1.74. The predicted octanol–water partition coefficient (Wildman–Crippen LogP) is 4.48. The molecule has 1 rings (SSSR count). The van der Waals surface area contributed by atoms with Crippen LogP contribution in [0, 0.1) is 10.8 Å². The molecule has 0 amide bonds. The molecular weight excluding hydrogens is 236 g/mol. The van der Waals surface area contributed by atoms with E-state index >= 15 is 0 Å². The van der Waals surface area contributed by atoms with Gasteiger partial charge in [-0.1, -0.05) is 53.7 Å². The Morgan fingerprint density at radius 3 is 1.89 bits per heavy atom. The van der Waals surface area contributed by atoms with Crippen LogP contribution in [0.1, 0.15) is 57.5 Å². The van der Waals surface area contributed by atoms with Gasteiger partial charge in [-0.05, 0) is 34.9 Å². The van der Waals surface area contributed by atoms with Crippen LogP contribution in [0.4, 0.5) is 0 Å². The highest BCUT2D eigenvalue weighted by atomic mass is 16.5. The van der Waals surface area contributed by atoms with E-state index in [9.17, 15) is 4.79 Å². The molecule has 0 aliphatic rings. The third-order valence-corrected chi connectivity index (χ3v) is 2.56. The van der Waals surface area contributed by atoms with Crippen LogP contribution < -0.4 is 0 Å². The molecule has 106 valence electrons. The molecule has 0 saturated carbocycles. The average Bonchev–Trinajstić information content (AvgIpc) is 2.23. The summed E-state index contributed by atoms with van der Waals surface area (Å²) in [6, 6.07) is 7.73. The molecule has 0 bridgehead atoms. The van der Waals surface area contributed by atoms with Crippen molar-refractivity contribution < 1.29 is 9.53 Å². The van der Waals surface area contributed by atoms with Crippen LogP contribution in [0.25, 0.3) is 0 Å². The maximum Gasteiger partial charge on any atom is 0.338 e. The van der Waals surface area contributed by atoms with Crippen LogP contribution in [0.5, 0.6) is 0 Å². The monoisotopic (exact) mass is 262 g/mol. The third-order valence-electron chi connectivity index (χ3n) is 2.56. The molecule has 0 spiro atoms. The lowest BCUT2D eigenvalue weighted by Gasteiger charge is -2.19. The van der Waals surface area contributed by atoms with Gasteiger partial charge >= 0.3 is 5.97 Å². The van der Waals surface area contributed by atoms with E-state index in [1.165, 1.54) is 5.56 Å². The molecule has 0 N–H and O–H groups in total. The summed E-state index contributed by atoms with van der Waals surface area (Å²) in [5, 5.41) is 0. The summed E-state index contributed by atoms with van der Waals surface area (Å²) in [7, 11) is 0. The Labute approximate surface area is 117 Å². The van der Waals surface area contributed by atoms with Crippen molar-refractivity contribution in [3.05, 3.63) is 35.4 Å². The Hall–Kier alpha value is -1.31. The number of benzene rings is 1. The molecule has 0 heterocycles. The molecule has 0 saturated heterocycles. The molecule has 1 aromatic carbocycles.